The molecule has 14 heteroatoms. The molecule has 3 atom stereocenters. The topological polar surface area (TPSA) is 180 Å². The van der Waals surface area contributed by atoms with Gasteiger partial charge in [0.1, 0.15) is 5.54 Å². The van der Waals surface area contributed by atoms with Crippen LogP contribution in [0.25, 0.3) is 11.1 Å². The van der Waals surface area contributed by atoms with Crippen LogP contribution in [-0.2, 0) is 25.6 Å². The van der Waals surface area contributed by atoms with Gasteiger partial charge >= 0.3 is 6.18 Å². The lowest BCUT2D eigenvalue weighted by molar-refractivity contribution is -0.213. The molecule has 0 aliphatic heterocycles. The zero-order valence-electron chi connectivity index (χ0n) is 30.1. The Balaban J connectivity index is 0.000000503. The molecule has 0 heterocycles. The third-order valence-electron chi connectivity index (χ3n) is 7.18. The lowest BCUT2D eigenvalue weighted by atomic mass is 10.00. The number of amides is 5. The Morgan fingerprint density at radius 1 is 0.846 bits per heavy atom. The summed E-state index contributed by atoms with van der Waals surface area (Å²) in [4.78, 5) is 57.2. The van der Waals surface area contributed by atoms with Crippen molar-refractivity contribution in [3.05, 3.63) is 96.1 Å². The second-order valence-corrected chi connectivity index (χ2v) is 12.5. The van der Waals surface area contributed by atoms with Crippen molar-refractivity contribution in [3.63, 3.8) is 0 Å². The number of benzene rings is 3. The smallest absolute Gasteiger partial charge is 0.382 e. The fraction of sp³-hybridized carbons (Fsp3) is 0.395. The first kappa shape index (κ1) is 44.8. The van der Waals surface area contributed by atoms with Gasteiger partial charge in [-0.15, -0.1) is 0 Å². The van der Waals surface area contributed by atoms with Crippen molar-refractivity contribution in [2.45, 2.75) is 90.2 Å². The van der Waals surface area contributed by atoms with E-state index in [4.69, 9.17) is 5.73 Å². The van der Waals surface area contributed by atoms with Crippen molar-refractivity contribution < 1.29 is 42.3 Å². The summed E-state index contributed by atoms with van der Waals surface area (Å²) in [6.07, 6.45) is -6.54. The van der Waals surface area contributed by atoms with Gasteiger partial charge in [0.2, 0.25) is 24.1 Å². The van der Waals surface area contributed by atoms with Gasteiger partial charge in [0.25, 0.3) is 5.91 Å². The summed E-state index contributed by atoms with van der Waals surface area (Å²) in [7, 11) is 0. The number of nitrogens with one attached hydrogen (secondary N) is 4. The van der Waals surface area contributed by atoms with Crippen LogP contribution < -0.4 is 27.0 Å². The van der Waals surface area contributed by atoms with Gasteiger partial charge in [-0.3, -0.25) is 24.0 Å². The molecule has 0 aliphatic carbocycles. The molecule has 3 rings (SSSR count). The Labute approximate surface area is 302 Å². The van der Waals surface area contributed by atoms with Gasteiger partial charge in [-0.05, 0) is 62.4 Å². The monoisotopic (exact) mass is 729 g/mol. The minimum Gasteiger partial charge on any atom is -0.382 e. The highest BCUT2D eigenvalue weighted by Crippen LogP contribution is 2.25. The molecule has 0 saturated carbocycles. The van der Waals surface area contributed by atoms with E-state index in [0.717, 1.165) is 23.1 Å². The maximum absolute atomic E-state index is 12.5. The van der Waals surface area contributed by atoms with Crippen LogP contribution in [0.1, 0.15) is 69.8 Å². The zero-order chi connectivity index (χ0) is 39.3. The van der Waals surface area contributed by atoms with E-state index in [9.17, 15) is 42.3 Å². The summed E-state index contributed by atoms with van der Waals surface area (Å²) < 4.78 is 37.6. The third-order valence-corrected chi connectivity index (χ3v) is 7.18. The second kappa shape index (κ2) is 22.6. The largest absolute Gasteiger partial charge is 0.416 e. The van der Waals surface area contributed by atoms with Crippen molar-refractivity contribution in [3.8, 4) is 11.1 Å². The van der Waals surface area contributed by atoms with Crippen LogP contribution in [-0.4, -0.2) is 71.6 Å². The Kier molecular flexibility index (Phi) is 19.4. The molecule has 3 aromatic rings. The van der Waals surface area contributed by atoms with Gasteiger partial charge in [-0.25, -0.2) is 0 Å². The van der Waals surface area contributed by atoms with E-state index in [-0.39, 0.29) is 30.8 Å². The van der Waals surface area contributed by atoms with Crippen LogP contribution in [0.2, 0.25) is 0 Å². The molecule has 0 spiro atoms. The maximum Gasteiger partial charge on any atom is 0.416 e. The predicted octanol–water partition coefficient (Wildman–Crippen LogP) is 4.43. The van der Waals surface area contributed by atoms with Gasteiger partial charge in [-0.1, -0.05) is 93.1 Å². The average Bonchev–Trinajstić information content (AvgIpc) is 3.09. The van der Waals surface area contributed by atoms with E-state index in [1.54, 1.807) is 12.1 Å². The lowest BCUT2D eigenvalue weighted by Gasteiger charge is -2.30. The van der Waals surface area contributed by atoms with Crippen molar-refractivity contribution >= 4 is 30.0 Å². The normalized spacial score (nSPS) is 12.6. The number of halogens is 3. The van der Waals surface area contributed by atoms with Crippen molar-refractivity contribution in [2.24, 2.45) is 5.73 Å². The highest BCUT2D eigenvalue weighted by Gasteiger charge is 2.45. The Morgan fingerprint density at radius 2 is 1.37 bits per heavy atom. The van der Waals surface area contributed by atoms with Crippen molar-refractivity contribution in [1.82, 2.24) is 21.3 Å². The number of aliphatic hydroxyl groups excluding tert-OH is 1. The predicted molar refractivity (Wildman–Crippen MR) is 194 cm³/mol. The molecule has 0 radical (unpaired) electrons. The Morgan fingerprint density at radius 3 is 1.87 bits per heavy atom. The molecule has 284 valence electrons. The molecular formula is C38H50F3N5O6. The molecule has 52 heavy (non-hydrogen) atoms. The highest BCUT2D eigenvalue weighted by atomic mass is 19.4. The first-order chi connectivity index (χ1) is 24.4. The Bertz CT molecular complexity index is 1540. The van der Waals surface area contributed by atoms with E-state index in [0.29, 0.717) is 5.56 Å². The number of carbonyl (C=O) groups is 5. The maximum atomic E-state index is 12.5. The number of nitrogens with two attached hydrogens (primary N) is 1. The number of carbonyl (C=O) groups excluding carboxylic acids is 5. The minimum absolute atomic E-state index is 0.00282. The first-order valence-corrected chi connectivity index (χ1v) is 16.8. The summed E-state index contributed by atoms with van der Waals surface area (Å²) in [5.74, 6) is -2.26. The van der Waals surface area contributed by atoms with Crippen LogP contribution in [0.4, 0.5) is 13.2 Å². The average molecular weight is 730 g/mol. The molecule has 11 nitrogen and oxygen atoms in total. The van der Waals surface area contributed by atoms with Crippen LogP contribution in [0.3, 0.4) is 0 Å². The summed E-state index contributed by atoms with van der Waals surface area (Å²) in [6, 6.07) is 25.6. The van der Waals surface area contributed by atoms with Gasteiger partial charge in [-0.2, -0.15) is 13.2 Å². The minimum atomic E-state index is -4.97. The van der Waals surface area contributed by atoms with E-state index < -0.39 is 48.5 Å². The van der Waals surface area contributed by atoms with E-state index in [1.807, 2.05) is 85.0 Å². The third kappa shape index (κ3) is 17.1. The number of primary amides is 1. The summed E-state index contributed by atoms with van der Waals surface area (Å²) >= 11 is 0. The summed E-state index contributed by atoms with van der Waals surface area (Å²) in [5.41, 5.74) is 7.21. The molecule has 7 N–H and O–H groups in total. The standard InChI is InChI=1S/C24H24N2O2.C11H18F3N3O4.C3H8/c1-18(16-19-8-4-2-5-9-19)26-23(27)17-25-24(28)22-14-12-21(13-15-22)20-10-6-3-7-11-20;1-10(2,16-5-18)9(21)17-6(3-4-7(15)19)8(20)11(12,13)14;1-3-2/h2-15,18H,16-17H2,1H3,(H,25,28)(H,26,27);5-6,8,20H,3-4H2,1-2H3,(H2,15,19)(H,16,18)(H,17,21);3H2,1-2H3/t18-;;/m1../s1. The number of rotatable bonds is 15. The number of aliphatic hydroxyl groups is 1. The fourth-order valence-corrected chi connectivity index (χ4v) is 4.45. The van der Waals surface area contributed by atoms with Crippen LogP contribution in [0, 0.1) is 0 Å². The van der Waals surface area contributed by atoms with Gasteiger partial charge in [0.15, 0.2) is 6.10 Å². The molecule has 0 fully saturated rings. The molecule has 3 aromatic carbocycles. The van der Waals surface area contributed by atoms with Crippen LogP contribution in [0.5, 0.6) is 0 Å². The molecule has 0 bridgehead atoms. The van der Waals surface area contributed by atoms with Crippen LogP contribution >= 0.6 is 0 Å². The molecule has 5 amide bonds. The van der Waals surface area contributed by atoms with Gasteiger partial charge in [0.05, 0.1) is 12.6 Å². The highest BCUT2D eigenvalue weighted by molar-refractivity contribution is 5.96. The van der Waals surface area contributed by atoms with E-state index in [1.165, 1.54) is 20.3 Å². The quantitative estimate of drug-likeness (QED) is 0.126. The molecular weight excluding hydrogens is 679 g/mol. The molecule has 0 saturated heterocycles. The van der Waals surface area contributed by atoms with E-state index in [2.05, 4.69) is 29.8 Å². The van der Waals surface area contributed by atoms with Crippen LogP contribution in [0.15, 0.2) is 84.9 Å². The van der Waals surface area contributed by atoms with E-state index >= 15 is 0 Å². The second-order valence-electron chi connectivity index (χ2n) is 12.5. The zero-order valence-corrected chi connectivity index (χ0v) is 30.1. The van der Waals surface area contributed by atoms with Gasteiger partial charge in [0, 0.05) is 18.0 Å². The fourth-order valence-electron chi connectivity index (χ4n) is 4.45. The molecule has 2 unspecified atom stereocenters. The lowest BCUT2D eigenvalue weighted by Crippen LogP contribution is -2.58. The summed E-state index contributed by atoms with van der Waals surface area (Å²) in [5, 5.41) is 18.9. The summed E-state index contributed by atoms with van der Waals surface area (Å²) in [6.45, 7) is 8.69. The van der Waals surface area contributed by atoms with Crippen molar-refractivity contribution in [2.75, 3.05) is 6.54 Å². The Hall–Kier alpha value is -5.24. The number of hydrogen-bond donors (Lipinski definition) is 6. The molecule has 0 aliphatic rings. The number of alkyl halides is 3. The first-order valence-electron chi connectivity index (χ1n) is 16.8. The SMILES string of the molecule is CC(C)(NC=O)C(=O)NC(CCC(N)=O)C(O)C(F)(F)F.CCC.C[C@H](Cc1ccccc1)NC(=O)CNC(=O)c1ccc(-c2ccccc2)cc1. The van der Waals surface area contributed by atoms with Gasteiger partial charge < -0.3 is 32.1 Å². The number of hydrogen-bond acceptors (Lipinski definition) is 6. The van der Waals surface area contributed by atoms with Crippen molar-refractivity contribution in [1.29, 1.82) is 0 Å². The molecule has 0 aromatic heterocycles.